The minimum Gasteiger partial charge on any atom is -0.368 e. The van der Waals surface area contributed by atoms with Crippen LogP contribution < -0.4 is 5.32 Å². The van der Waals surface area contributed by atoms with Gasteiger partial charge >= 0.3 is 0 Å². The van der Waals surface area contributed by atoms with Crippen LogP contribution in [0.3, 0.4) is 0 Å². The van der Waals surface area contributed by atoms with Crippen LogP contribution >= 0.6 is 0 Å². The van der Waals surface area contributed by atoms with E-state index >= 15 is 0 Å². The molecule has 0 spiro atoms. The fraction of sp³-hybridized carbons (Fsp3) is 0.357. The van der Waals surface area contributed by atoms with E-state index in [1.165, 1.54) is 22.3 Å². The third-order valence-electron chi connectivity index (χ3n) is 2.95. The van der Waals surface area contributed by atoms with Gasteiger partial charge in [0.15, 0.2) is 0 Å². The summed E-state index contributed by atoms with van der Waals surface area (Å²) in [5, 5.41) is 3.30. The molecule has 2 heteroatoms. The van der Waals surface area contributed by atoms with Crippen molar-refractivity contribution in [2.45, 2.75) is 20.8 Å². The zero-order chi connectivity index (χ0) is 11.5. The molecule has 2 rings (SSSR count). The molecule has 2 nitrogen and oxygen atoms in total. The fourth-order valence-corrected chi connectivity index (χ4v) is 2.00. The molecule has 0 saturated carbocycles. The average molecular weight is 214 g/mol. The third-order valence-corrected chi connectivity index (χ3v) is 2.95. The monoisotopic (exact) mass is 214 g/mol. The van der Waals surface area contributed by atoms with Gasteiger partial charge in [-0.2, -0.15) is 0 Å². The van der Waals surface area contributed by atoms with E-state index in [1.807, 2.05) is 0 Å². The third kappa shape index (κ3) is 2.16. The molecule has 84 valence electrons. The predicted molar refractivity (Wildman–Crippen MR) is 69.9 cm³/mol. The lowest BCUT2D eigenvalue weighted by molar-refractivity contribution is 0.959. The molecular formula is C14H18N2. The van der Waals surface area contributed by atoms with Crippen LogP contribution in [0.5, 0.6) is 0 Å². The lowest BCUT2D eigenvalue weighted by Crippen LogP contribution is -2.19. The number of hydrogen-bond donors (Lipinski definition) is 1. The number of benzene rings is 1. The Morgan fingerprint density at radius 2 is 2.00 bits per heavy atom. The molecule has 1 aromatic carbocycles. The highest BCUT2D eigenvalue weighted by Crippen LogP contribution is 2.17. The summed E-state index contributed by atoms with van der Waals surface area (Å²) in [6, 6.07) is 6.40. The van der Waals surface area contributed by atoms with Gasteiger partial charge in [0.25, 0.3) is 0 Å². The highest BCUT2D eigenvalue weighted by atomic mass is 15.1. The standard InChI is InChI=1S/C14H18N2/c1-10-5-4-6-11(2)13(10)9-12(3)14-15-7-8-16-14/h4-6,9H,7-8H2,1-3H3,(H,15,16)/b12-9+. The Morgan fingerprint density at radius 3 is 2.56 bits per heavy atom. The van der Waals surface area contributed by atoms with E-state index in [-0.39, 0.29) is 0 Å². The maximum Gasteiger partial charge on any atom is 0.123 e. The minimum absolute atomic E-state index is 0.896. The number of nitrogens with one attached hydrogen (secondary N) is 1. The smallest absolute Gasteiger partial charge is 0.123 e. The molecule has 0 aromatic heterocycles. The summed E-state index contributed by atoms with van der Waals surface area (Å²) in [5.41, 5.74) is 5.17. The van der Waals surface area contributed by atoms with Crippen LogP contribution in [0.4, 0.5) is 0 Å². The second kappa shape index (κ2) is 4.52. The molecule has 0 bridgehead atoms. The molecule has 1 aromatic rings. The van der Waals surface area contributed by atoms with Crippen molar-refractivity contribution in [2.24, 2.45) is 4.99 Å². The van der Waals surface area contributed by atoms with E-state index in [2.05, 4.69) is 55.4 Å². The van der Waals surface area contributed by atoms with Crippen molar-refractivity contribution in [3.63, 3.8) is 0 Å². The van der Waals surface area contributed by atoms with Gasteiger partial charge in [-0.1, -0.05) is 18.2 Å². The van der Waals surface area contributed by atoms with E-state index in [0.717, 1.165) is 18.9 Å². The number of aliphatic imine (C=N–C) groups is 1. The topological polar surface area (TPSA) is 24.4 Å². The molecule has 0 amide bonds. The Morgan fingerprint density at radius 1 is 1.31 bits per heavy atom. The van der Waals surface area contributed by atoms with Gasteiger partial charge in [-0.15, -0.1) is 0 Å². The number of hydrogen-bond acceptors (Lipinski definition) is 2. The minimum atomic E-state index is 0.896. The molecule has 0 saturated heterocycles. The van der Waals surface area contributed by atoms with Gasteiger partial charge < -0.3 is 5.32 Å². The molecule has 0 fully saturated rings. The van der Waals surface area contributed by atoms with E-state index in [1.54, 1.807) is 0 Å². The quantitative estimate of drug-likeness (QED) is 0.804. The average Bonchev–Trinajstić information content (AvgIpc) is 2.76. The zero-order valence-electron chi connectivity index (χ0n) is 10.2. The SMILES string of the molecule is C/C(=C\c1c(C)cccc1C)C1=NCCN1. The molecule has 0 aliphatic carbocycles. The van der Waals surface area contributed by atoms with Crippen molar-refractivity contribution >= 4 is 11.9 Å². The molecule has 1 heterocycles. The first-order valence-electron chi connectivity index (χ1n) is 5.71. The van der Waals surface area contributed by atoms with Crippen LogP contribution in [-0.2, 0) is 0 Å². The van der Waals surface area contributed by atoms with Gasteiger partial charge in [-0.25, -0.2) is 0 Å². The first-order chi connectivity index (χ1) is 7.68. The largest absolute Gasteiger partial charge is 0.368 e. The second-order valence-electron chi connectivity index (χ2n) is 4.29. The van der Waals surface area contributed by atoms with E-state index < -0.39 is 0 Å². The first-order valence-corrected chi connectivity index (χ1v) is 5.71. The lowest BCUT2D eigenvalue weighted by Gasteiger charge is -2.07. The zero-order valence-corrected chi connectivity index (χ0v) is 10.2. The fourth-order valence-electron chi connectivity index (χ4n) is 2.00. The van der Waals surface area contributed by atoms with Crippen LogP contribution in [0.2, 0.25) is 0 Å². The van der Waals surface area contributed by atoms with Crippen LogP contribution in [0, 0.1) is 13.8 Å². The second-order valence-corrected chi connectivity index (χ2v) is 4.29. The molecule has 0 unspecified atom stereocenters. The number of amidine groups is 1. The molecule has 1 aliphatic heterocycles. The van der Waals surface area contributed by atoms with Gasteiger partial charge in [0.2, 0.25) is 0 Å². The van der Waals surface area contributed by atoms with Gasteiger partial charge in [0, 0.05) is 6.54 Å². The van der Waals surface area contributed by atoms with Gasteiger partial charge in [-0.05, 0) is 49.1 Å². The van der Waals surface area contributed by atoms with Crippen molar-refractivity contribution in [3.8, 4) is 0 Å². The molecule has 0 radical (unpaired) electrons. The summed E-state index contributed by atoms with van der Waals surface area (Å²) < 4.78 is 0. The Hall–Kier alpha value is -1.57. The Labute approximate surface area is 97.1 Å². The Balaban J connectivity index is 2.35. The van der Waals surface area contributed by atoms with Gasteiger partial charge in [-0.3, -0.25) is 4.99 Å². The Bertz CT molecular complexity index is 436. The number of nitrogens with zero attached hydrogens (tertiary/aromatic N) is 1. The van der Waals surface area contributed by atoms with Crippen molar-refractivity contribution in [1.82, 2.24) is 5.32 Å². The van der Waals surface area contributed by atoms with Crippen molar-refractivity contribution < 1.29 is 0 Å². The normalized spacial score (nSPS) is 15.9. The number of aryl methyl sites for hydroxylation is 2. The van der Waals surface area contributed by atoms with Crippen molar-refractivity contribution in [3.05, 3.63) is 40.5 Å². The maximum atomic E-state index is 4.43. The van der Waals surface area contributed by atoms with Crippen molar-refractivity contribution in [1.29, 1.82) is 0 Å². The highest BCUT2D eigenvalue weighted by molar-refractivity contribution is 6.02. The summed E-state index contributed by atoms with van der Waals surface area (Å²) >= 11 is 0. The van der Waals surface area contributed by atoms with Gasteiger partial charge in [0.1, 0.15) is 5.84 Å². The molecule has 0 atom stereocenters. The summed E-state index contributed by atoms with van der Waals surface area (Å²) in [4.78, 5) is 4.43. The summed E-state index contributed by atoms with van der Waals surface area (Å²) in [7, 11) is 0. The maximum absolute atomic E-state index is 4.43. The highest BCUT2D eigenvalue weighted by Gasteiger charge is 2.07. The van der Waals surface area contributed by atoms with Crippen LogP contribution in [0.15, 0.2) is 28.8 Å². The van der Waals surface area contributed by atoms with Crippen LogP contribution in [0.25, 0.3) is 6.08 Å². The van der Waals surface area contributed by atoms with Crippen LogP contribution in [0.1, 0.15) is 23.6 Å². The number of rotatable bonds is 2. The lowest BCUT2D eigenvalue weighted by atomic mass is 10.0. The molecule has 1 aliphatic rings. The molecular weight excluding hydrogens is 196 g/mol. The molecule has 16 heavy (non-hydrogen) atoms. The summed E-state index contributed by atoms with van der Waals surface area (Å²) in [6.45, 7) is 8.27. The van der Waals surface area contributed by atoms with Gasteiger partial charge in [0.05, 0.1) is 6.54 Å². The Kier molecular flexibility index (Phi) is 3.09. The first kappa shape index (κ1) is 10.9. The van der Waals surface area contributed by atoms with Crippen molar-refractivity contribution in [2.75, 3.05) is 13.1 Å². The summed E-state index contributed by atoms with van der Waals surface area (Å²) in [5.74, 6) is 1.04. The van der Waals surface area contributed by atoms with E-state index in [4.69, 9.17) is 0 Å². The van der Waals surface area contributed by atoms with E-state index in [0.29, 0.717) is 0 Å². The predicted octanol–water partition coefficient (Wildman–Crippen LogP) is 2.71. The molecule has 1 N–H and O–H groups in total. The summed E-state index contributed by atoms with van der Waals surface area (Å²) in [6.07, 6.45) is 2.22. The van der Waals surface area contributed by atoms with Crippen LogP contribution in [-0.4, -0.2) is 18.9 Å². The van der Waals surface area contributed by atoms with E-state index in [9.17, 15) is 0 Å².